The van der Waals surface area contributed by atoms with E-state index in [1.54, 1.807) is 43.3 Å². The van der Waals surface area contributed by atoms with Crippen molar-refractivity contribution in [3.05, 3.63) is 84.3 Å². The molecule has 2 aromatic carbocycles. The summed E-state index contributed by atoms with van der Waals surface area (Å²) in [6.07, 6.45) is 3.42. The molecule has 0 spiro atoms. The molecule has 0 aliphatic heterocycles. The number of ether oxygens (including phenoxy) is 2. The summed E-state index contributed by atoms with van der Waals surface area (Å²) in [4.78, 5) is 17.3. The van der Waals surface area contributed by atoms with Crippen LogP contribution in [0.2, 0.25) is 0 Å². The molecule has 2 heterocycles. The largest absolute Gasteiger partial charge is 0.493 e. The molecule has 0 atom stereocenters. The van der Waals surface area contributed by atoms with Crippen LogP contribution in [-0.4, -0.2) is 48.0 Å². The lowest BCUT2D eigenvalue weighted by atomic mass is 10.1. The first-order valence-electron chi connectivity index (χ1n) is 10.9. The predicted octanol–water partition coefficient (Wildman–Crippen LogP) is 3.67. The number of anilines is 1. The van der Waals surface area contributed by atoms with Gasteiger partial charge in [0.15, 0.2) is 17.2 Å². The van der Waals surface area contributed by atoms with E-state index >= 15 is 0 Å². The molecule has 4 aromatic rings. The molecule has 35 heavy (non-hydrogen) atoms. The number of nitrogens with one attached hydrogen (secondary N) is 2. The van der Waals surface area contributed by atoms with Crippen molar-refractivity contribution in [2.45, 2.75) is 0 Å². The number of nitrogens with zero attached hydrogens (tertiary/aromatic N) is 4. The lowest BCUT2D eigenvalue weighted by Crippen LogP contribution is -2.29. The second-order valence-electron chi connectivity index (χ2n) is 7.44. The normalized spacial score (nSPS) is 10.3. The summed E-state index contributed by atoms with van der Waals surface area (Å²) in [6, 6.07) is 20.5. The van der Waals surface area contributed by atoms with Crippen LogP contribution in [0.5, 0.6) is 11.5 Å². The van der Waals surface area contributed by atoms with Crippen LogP contribution in [0.3, 0.4) is 0 Å². The molecule has 0 aliphatic rings. The van der Waals surface area contributed by atoms with Crippen LogP contribution in [0.4, 0.5) is 5.82 Å². The van der Waals surface area contributed by atoms with Gasteiger partial charge in [0, 0.05) is 31.0 Å². The molecule has 0 bridgehead atoms. The third kappa shape index (κ3) is 5.23. The monoisotopic (exact) mass is 468 g/mol. The molecule has 0 radical (unpaired) electrons. The van der Waals surface area contributed by atoms with Gasteiger partial charge in [0.2, 0.25) is 0 Å². The number of rotatable bonds is 9. The van der Waals surface area contributed by atoms with Gasteiger partial charge >= 0.3 is 0 Å². The zero-order chi connectivity index (χ0) is 24.6. The van der Waals surface area contributed by atoms with E-state index < -0.39 is 0 Å². The molecule has 0 aliphatic carbocycles. The number of benzene rings is 2. The predicted molar refractivity (Wildman–Crippen MR) is 132 cm³/mol. The molecule has 2 aromatic heterocycles. The smallest absolute Gasteiger partial charge is 0.272 e. The highest BCUT2D eigenvalue weighted by molar-refractivity contribution is 5.99. The summed E-state index contributed by atoms with van der Waals surface area (Å²) in [6.45, 7) is 0.701. The average Bonchev–Trinajstić information content (AvgIpc) is 3.37. The topological polar surface area (TPSA) is 114 Å². The molecule has 1 amide bonds. The van der Waals surface area contributed by atoms with Gasteiger partial charge in [0.25, 0.3) is 5.91 Å². The minimum absolute atomic E-state index is 0.275. The number of methoxy groups -OCH3 is 2. The Kier molecular flexibility index (Phi) is 7.23. The Balaban J connectivity index is 1.57. The van der Waals surface area contributed by atoms with Gasteiger partial charge in [-0.1, -0.05) is 24.3 Å². The van der Waals surface area contributed by atoms with Crippen LogP contribution in [-0.2, 0) is 0 Å². The molecule has 0 unspecified atom stereocenters. The Morgan fingerprint density at radius 3 is 2.57 bits per heavy atom. The van der Waals surface area contributed by atoms with Crippen molar-refractivity contribution in [3.8, 4) is 34.4 Å². The number of hydrogen-bond donors (Lipinski definition) is 2. The Bertz CT molecular complexity index is 1360. The first-order valence-corrected chi connectivity index (χ1v) is 10.9. The van der Waals surface area contributed by atoms with Crippen LogP contribution in [0.25, 0.3) is 16.8 Å². The number of amides is 1. The van der Waals surface area contributed by atoms with Gasteiger partial charge in [0.1, 0.15) is 11.9 Å². The average molecular weight is 469 g/mol. The fraction of sp³-hybridized carbons (Fsp3) is 0.154. The maximum Gasteiger partial charge on any atom is 0.272 e. The van der Waals surface area contributed by atoms with Crippen LogP contribution >= 0.6 is 0 Å². The van der Waals surface area contributed by atoms with E-state index in [4.69, 9.17) is 9.47 Å². The summed E-state index contributed by atoms with van der Waals surface area (Å²) < 4.78 is 12.5. The lowest BCUT2D eigenvalue weighted by Gasteiger charge is -2.10. The van der Waals surface area contributed by atoms with E-state index in [9.17, 15) is 10.1 Å². The van der Waals surface area contributed by atoms with Crippen LogP contribution < -0.4 is 20.1 Å². The number of aromatic nitrogens is 3. The quantitative estimate of drug-likeness (QED) is 0.360. The van der Waals surface area contributed by atoms with E-state index in [0.29, 0.717) is 41.5 Å². The molecule has 2 N–H and O–H groups in total. The molecule has 176 valence electrons. The highest BCUT2D eigenvalue weighted by atomic mass is 16.5. The summed E-state index contributed by atoms with van der Waals surface area (Å²) in [7, 11) is 3.14. The number of carbonyl (C=O) groups excluding carboxylic acids is 1. The first-order chi connectivity index (χ1) is 17.1. The Morgan fingerprint density at radius 2 is 1.83 bits per heavy atom. The van der Waals surface area contributed by atoms with E-state index in [0.717, 1.165) is 11.3 Å². The van der Waals surface area contributed by atoms with Crippen molar-refractivity contribution in [2.75, 3.05) is 32.6 Å². The van der Waals surface area contributed by atoms with Crippen molar-refractivity contribution >= 4 is 11.7 Å². The second kappa shape index (κ2) is 10.9. The number of hydrogen-bond acceptors (Lipinski definition) is 7. The van der Waals surface area contributed by atoms with E-state index in [2.05, 4.69) is 26.8 Å². The molecule has 0 saturated carbocycles. The fourth-order valence-corrected chi connectivity index (χ4v) is 3.55. The SMILES string of the molecule is COc1ccc(-c2cn(-c3ccccc3)nc2C(=O)NCCNc2ncccc2C#N)cc1OC. The number of pyridine rings is 1. The molecule has 0 fully saturated rings. The van der Waals surface area contributed by atoms with Gasteiger partial charge in [0.05, 0.1) is 25.5 Å². The summed E-state index contributed by atoms with van der Waals surface area (Å²) >= 11 is 0. The Hall–Kier alpha value is -4.84. The number of para-hydroxylation sites is 1. The fourth-order valence-electron chi connectivity index (χ4n) is 3.55. The molecule has 0 saturated heterocycles. The van der Waals surface area contributed by atoms with Crippen molar-refractivity contribution in [1.82, 2.24) is 20.1 Å². The van der Waals surface area contributed by atoms with Crippen molar-refractivity contribution < 1.29 is 14.3 Å². The van der Waals surface area contributed by atoms with Crippen molar-refractivity contribution in [2.24, 2.45) is 0 Å². The second-order valence-corrected chi connectivity index (χ2v) is 7.44. The maximum atomic E-state index is 13.2. The van der Waals surface area contributed by atoms with Crippen LogP contribution in [0.15, 0.2) is 73.1 Å². The minimum atomic E-state index is -0.326. The van der Waals surface area contributed by atoms with Crippen LogP contribution in [0, 0.1) is 11.3 Å². The highest BCUT2D eigenvalue weighted by Crippen LogP contribution is 2.34. The lowest BCUT2D eigenvalue weighted by molar-refractivity contribution is 0.0950. The zero-order valence-corrected chi connectivity index (χ0v) is 19.4. The summed E-state index contributed by atoms with van der Waals surface area (Å²) in [5.41, 5.74) is 2.96. The van der Waals surface area contributed by atoms with Gasteiger partial charge in [-0.25, -0.2) is 9.67 Å². The molecule has 9 heteroatoms. The van der Waals surface area contributed by atoms with Gasteiger partial charge in [-0.05, 0) is 42.0 Å². The summed E-state index contributed by atoms with van der Waals surface area (Å²) in [5, 5.41) is 19.7. The van der Waals surface area contributed by atoms with E-state index in [1.807, 2.05) is 48.7 Å². The van der Waals surface area contributed by atoms with E-state index in [1.165, 1.54) is 0 Å². The van der Waals surface area contributed by atoms with Gasteiger partial charge in [-0.3, -0.25) is 4.79 Å². The van der Waals surface area contributed by atoms with E-state index in [-0.39, 0.29) is 11.6 Å². The standard InChI is InChI=1S/C26H24N6O3/c1-34-22-11-10-18(15-23(22)35-2)21-17-32(20-8-4-3-5-9-20)31-24(21)26(33)30-14-13-29-25-19(16-27)7-6-12-28-25/h3-12,15,17H,13-14H2,1-2H3,(H,28,29)(H,30,33). The Morgan fingerprint density at radius 1 is 1.03 bits per heavy atom. The molecular weight excluding hydrogens is 444 g/mol. The summed E-state index contributed by atoms with van der Waals surface area (Å²) in [5.74, 6) is 1.29. The number of carbonyl (C=O) groups is 1. The molecular formula is C26H24N6O3. The zero-order valence-electron chi connectivity index (χ0n) is 19.4. The highest BCUT2D eigenvalue weighted by Gasteiger charge is 2.20. The third-order valence-electron chi connectivity index (χ3n) is 5.28. The van der Waals surface area contributed by atoms with Crippen LogP contribution in [0.1, 0.15) is 16.1 Å². The third-order valence-corrected chi connectivity index (χ3v) is 5.28. The maximum absolute atomic E-state index is 13.2. The molecule has 9 nitrogen and oxygen atoms in total. The van der Waals surface area contributed by atoms with Gasteiger partial charge in [-0.2, -0.15) is 10.4 Å². The Labute approximate surface area is 203 Å². The molecule has 4 rings (SSSR count). The number of nitriles is 1. The minimum Gasteiger partial charge on any atom is -0.493 e. The van der Waals surface area contributed by atoms with Crippen molar-refractivity contribution in [1.29, 1.82) is 5.26 Å². The van der Waals surface area contributed by atoms with Gasteiger partial charge in [-0.15, -0.1) is 0 Å². The first kappa shape index (κ1) is 23.3. The van der Waals surface area contributed by atoms with Gasteiger partial charge < -0.3 is 20.1 Å². The van der Waals surface area contributed by atoms with Crippen molar-refractivity contribution in [3.63, 3.8) is 0 Å².